The van der Waals surface area contributed by atoms with Crippen LogP contribution in [0, 0.1) is 0 Å². The molecule has 8 heteroatoms. The molecule has 0 radical (unpaired) electrons. The fraction of sp³-hybridized carbons (Fsp3) is 0.333. The number of carbonyl (C=O) groups is 4. The van der Waals surface area contributed by atoms with Crippen molar-refractivity contribution in [2.24, 2.45) is 0 Å². The predicted molar refractivity (Wildman–Crippen MR) is 78.0 cm³/mol. The summed E-state index contributed by atoms with van der Waals surface area (Å²) in [5, 5.41) is 2.37. The largest absolute Gasteiger partial charge is 0.468 e. The Bertz CT molecular complexity index is 670. The number of methoxy groups -OCH3 is 2. The van der Waals surface area contributed by atoms with E-state index in [1.165, 1.54) is 32.4 Å². The lowest BCUT2D eigenvalue weighted by molar-refractivity contribution is -0.139. The van der Waals surface area contributed by atoms with Crippen molar-refractivity contribution in [2.75, 3.05) is 33.9 Å². The maximum absolute atomic E-state index is 12.2. The highest BCUT2D eigenvalue weighted by molar-refractivity contribution is 6.22. The van der Waals surface area contributed by atoms with E-state index in [1.807, 2.05) is 0 Å². The van der Waals surface area contributed by atoms with Gasteiger partial charge in [-0.1, -0.05) is 0 Å². The van der Waals surface area contributed by atoms with Crippen LogP contribution in [0.3, 0.4) is 0 Å². The van der Waals surface area contributed by atoms with Gasteiger partial charge in [-0.15, -0.1) is 0 Å². The van der Waals surface area contributed by atoms with Gasteiger partial charge in [0.2, 0.25) is 0 Å². The molecule has 1 aliphatic rings. The summed E-state index contributed by atoms with van der Waals surface area (Å²) < 4.78 is 9.29. The number of fused-ring (bicyclic) bond motifs is 1. The summed E-state index contributed by atoms with van der Waals surface area (Å²) in [6.07, 6.45) is 0. The highest BCUT2D eigenvalue weighted by atomic mass is 16.5. The molecule has 0 aromatic heterocycles. The normalized spacial score (nSPS) is 13.0. The maximum atomic E-state index is 12.2. The summed E-state index contributed by atoms with van der Waals surface area (Å²) in [6.45, 7) is 0.101. The van der Waals surface area contributed by atoms with E-state index >= 15 is 0 Å². The lowest BCUT2D eigenvalue weighted by Crippen LogP contribution is -2.32. The SMILES string of the molecule is COCCN1C(=O)c2ccc(C(=O)NCC(=O)OC)cc2C1=O. The Morgan fingerprint density at radius 3 is 2.48 bits per heavy atom. The van der Waals surface area contributed by atoms with Gasteiger partial charge < -0.3 is 14.8 Å². The van der Waals surface area contributed by atoms with E-state index in [4.69, 9.17) is 4.74 Å². The van der Waals surface area contributed by atoms with Crippen LogP contribution in [0.15, 0.2) is 18.2 Å². The van der Waals surface area contributed by atoms with Gasteiger partial charge in [0.25, 0.3) is 17.7 Å². The molecule has 8 nitrogen and oxygen atoms in total. The minimum atomic E-state index is -0.587. The van der Waals surface area contributed by atoms with Gasteiger partial charge in [0.1, 0.15) is 6.54 Å². The van der Waals surface area contributed by atoms with E-state index in [0.29, 0.717) is 0 Å². The van der Waals surface area contributed by atoms with E-state index in [2.05, 4.69) is 10.1 Å². The summed E-state index contributed by atoms with van der Waals surface area (Å²) in [5.41, 5.74) is 0.592. The van der Waals surface area contributed by atoms with Crippen LogP contribution in [0.5, 0.6) is 0 Å². The van der Waals surface area contributed by atoms with Crippen molar-refractivity contribution >= 4 is 23.7 Å². The van der Waals surface area contributed by atoms with Crippen LogP contribution in [-0.2, 0) is 14.3 Å². The van der Waals surface area contributed by atoms with Crippen molar-refractivity contribution in [3.8, 4) is 0 Å². The van der Waals surface area contributed by atoms with Gasteiger partial charge in [0.15, 0.2) is 0 Å². The van der Waals surface area contributed by atoms with Gasteiger partial charge in [-0.3, -0.25) is 24.1 Å². The average Bonchev–Trinajstić information content (AvgIpc) is 2.81. The summed E-state index contributed by atoms with van der Waals surface area (Å²) in [4.78, 5) is 48.4. The lowest BCUT2D eigenvalue weighted by Gasteiger charge is -2.12. The number of carbonyl (C=O) groups excluding carboxylic acids is 4. The van der Waals surface area contributed by atoms with Gasteiger partial charge in [0, 0.05) is 12.7 Å². The van der Waals surface area contributed by atoms with E-state index in [1.54, 1.807) is 0 Å². The zero-order valence-electron chi connectivity index (χ0n) is 12.8. The van der Waals surface area contributed by atoms with Gasteiger partial charge in [-0.05, 0) is 18.2 Å². The standard InChI is InChI=1S/C15H16N2O6/c1-22-6-5-17-14(20)10-4-3-9(7-11(10)15(17)21)13(19)16-8-12(18)23-2/h3-4,7H,5-6,8H2,1-2H3,(H,16,19). The number of ether oxygens (including phenoxy) is 2. The second kappa shape index (κ2) is 7.01. The first-order valence-electron chi connectivity index (χ1n) is 6.83. The van der Waals surface area contributed by atoms with Gasteiger partial charge in [0.05, 0.1) is 31.4 Å². The summed E-state index contributed by atoms with van der Waals surface area (Å²) in [6, 6.07) is 4.20. The van der Waals surface area contributed by atoms with Crippen molar-refractivity contribution in [1.82, 2.24) is 10.2 Å². The molecule has 0 fully saturated rings. The molecule has 1 heterocycles. The number of esters is 1. The van der Waals surface area contributed by atoms with Crippen LogP contribution < -0.4 is 5.32 Å². The smallest absolute Gasteiger partial charge is 0.325 e. The zero-order valence-corrected chi connectivity index (χ0v) is 12.8. The zero-order chi connectivity index (χ0) is 17.0. The molecule has 0 spiro atoms. The third kappa shape index (κ3) is 3.37. The first kappa shape index (κ1) is 16.6. The Hall–Kier alpha value is -2.74. The van der Waals surface area contributed by atoms with Gasteiger partial charge in [-0.2, -0.15) is 0 Å². The Morgan fingerprint density at radius 2 is 1.83 bits per heavy atom. The molecule has 122 valence electrons. The number of hydrogen-bond donors (Lipinski definition) is 1. The Balaban J connectivity index is 2.16. The minimum absolute atomic E-state index is 0.146. The minimum Gasteiger partial charge on any atom is -0.468 e. The lowest BCUT2D eigenvalue weighted by atomic mass is 10.1. The number of nitrogens with one attached hydrogen (secondary N) is 1. The third-order valence-corrected chi connectivity index (χ3v) is 3.37. The molecule has 0 bridgehead atoms. The number of benzene rings is 1. The first-order chi connectivity index (χ1) is 11.0. The molecule has 1 aliphatic heterocycles. The van der Waals surface area contributed by atoms with Crippen molar-refractivity contribution < 1.29 is 28.7 Å². The van der Waals surface area contributed by atoms with Crippen LogP contribution >= 0.6 is 0 Å². The molecule has 3 amide bonds. The molecule has 1 aromatic rings. The molecule has 1 N–H and O–H groups in total. The first-order valence-corrected chi connectivity index (χ1v) is 6.83. The van der Waals surface area contributed by atoms with Crippen molar-refractivity contribution in [3.05, 3.63) is 34.9 Å². The van der Waals surface area contributed by atoms with Gasteiger partial charge in [-0.25, -0.2) is 0 Å². The van der Waals surface area contributed by atoms with Crippen LogP contribution in [0.25, 0.3) is 0 Å². The third-order valence-electron chi connectivity index (χ3n) is 3.37. The fourth-order valence-corrected chi connectivity index (χ4v) is 2.14. The highest BCUT2D eigenvalue weighted by Crippen LogP contribution is 2.23. The summed E-state index contributed by atoms with van der Waals surface area (Å²) in [5.74, 6) is -2.00. The van der Waals surface area contributed by atoms with Gasteiger partial charge >= 0.3 is 5.97 Å². The summed E-state index contributed by atoms with van der Waals surface area (Å²) >= 11 is 0. The van der Waals surface area contributed by atoms with Crippen molar-refractivity contribution in [1.29, 1.82) is 0 Å². The van der Waals surface area contributed by atoms with Crippen molar-refractivity contribution in [2.45, 2.75) is 0 Å². The molecular weight excluding hydrogens is 304 g/mol. The number of imide groups is 1. The maximum Gasteiger partial charge on any atom is 0.325 e. The van der Waals surface area contributed by atoms with Crippen LogP contribution in [0.2, 0.25) is 0 Å². The molecule has 23 heavy (non-hydrogen) atoms. The van der Waals surface area contributed by atoms with Crippen LogP contribution in [0.4, 0.5) is 0 Å². The molecule has 2 rings (SSSR count). The monoisotopic (exact) mass is 320 g/mol. The quantitative estimate of drug-likeness (QED) is 0.577. The van der Waals surface area contributed by atoms with Crippen LogP contribution in [-0.4, -0.2) is 62.5 Å². The number of rotatable bonds is 6. The Kier molecular flexibility index (Phi) is 5.07. The van der Waals surface area contributed by atoms with E-state index in [0.717, 1.165) is 4.90 Å². The number of nitrogens with zero attached hydrogens (tertiary/aromatic N) is 1. The van der Waals surface area contributed by atoms with Crippen LogP contribution in [0.1, 0.15) is 31.1 Å². The van der Waals surface area contributed by atoms with E-state index < -0.39 is 23.7 Å². The topological polar surface area (TPSA) is 102 Å². The Labute approximate surface area is 132 Å². The highest BCUT2D eigenvalue weighted by Gasteiger charge is 2.35. The fourth-order valence-electron chi connectivity index (χ4n) is 2.14. The van der Waals surface area contributed by atoms with Crippen molar-refractivity contribution in [3.63, 3.8) is 0 Å². The summed E-state index contributed by atoms with van der Waals surface area (Å²) in [7, 11) is 2.69. The van der Waals surface area contributed by atoms with E-state index in [9.17, 15) is 19.2 Å². The Morgan fingerprint density at radius 1 is 1.13 bits per heavy atom. The molecule has 0 saturated heterocycles. The average molecular weight is 320 g/mol. The number of hydrogen-bond acceptors (Lipinski definition) is 6. The second-order valence-electron chi connectivity index (χ2n) is 4.77. The molecule has 0 saturated carbocycles. The number of amides is 3. The molecule has 0 unspecified atom stereocenters. The predicted octanol–water partition coefficient (Wildman–Crippen LogP) is -0.168. The second-order valence-corrected chi connectivity index (χ2v) is 4.77. The molecular formula is C15H16N2O6. The van der Waals surface area contributed by atoms with E-state index in [-0.39, 0.29) is 36.4 Å². The molecule has 0 atom stereocenters. The molecule has 1 aromatic carbocycles. The molecule has 0 aliphatic carbocycles.